The average molecular weight is 753 g/mol. The van der Waals surface area contributed by atoms with Crippen molar-refractivity contribution in [3.05, 3.63) is 217 Å². The number of para-hydroxylation sites is 3. The summed E-state index contributed by atoms with van der Waals surface area (Å²) in [6.07, 6.45) is 0.906. The van der Waals surface area contributed by atoms with Crippen LogP contribution in [0.2, 0.25) is 0 Å². The normalized spacial score (nSPS) is 13.6. The van der Waals surface area contributed by atoms with E-state index in [9.17, 15) is 0 Å². The van der Waals surface area contributed by atoms with Crippen molar-refractivity contribution in [3.8, 4) is 33.6 Å². The second-order valence-electron chi connectivity index (χ2n) is 16.0. The van der Waals surface area contributed by atoms with Crippen LogP contribution < -0.4 is 20.7 Å². The van der Waals surface area contributed by atoms with Crippen molar-refractivity contribution in [2.24, 2.45) is 0 Å². The second kappa shape index (κ2) is 11.9. The zero-order valence-corrected chi connectivity index (χ0v) is 32.7. The Morgan fingerprint density at radius 3 is 1.62 bits per heavy atom. The second-order valence-corrected chi connectivity index (χ2v) is 19.7. The van der Waals surface area contributed by atoms with Crippen LogP contribution in [0.25, 0.3) is 77.2 Å². The molecule has 0 bridgehead atoms. The van der Waals surface area contributed by atoms with Gasteiger partial charge in [-0.3, -0.25) is 0 Å². The lowest BCUT2D eigenvalue weighted by Crippen LogP contribution is -2.72. The van der Waals surface area contributed by atoms with Crippen molar-refractivity contribution < 1.29 is 0 Å². The lowest BCUT2D eigenvalue weighted by atomic mass is 10.0. The van der Waals surface area contributed by atoms with E-state index in [2.05, 4.69) is 215 Å². The van der Waals surface area contributed by atoms with Gasteiger partial charge in [0.2, 0.25) is 0 Å². The molecule has 13 rings (SSSR count). The summed E-state index contributed by atoms with van der Waals surface area (Å²) in [5.41, 5.74) is 15.6. The standard InChI is InChI=1S/C55H36N2Si/c1-3-15-37(16-4-1)56-51-31-28-38(57-49-23-11-7-19-42(49)43-20-8-12-24-50(43)57)34-48(51)55-47-33-36-27-29-40(35-46(36)41(47)30-32-52(55)56)58(39-17-5-2-6-18-39)53-25-13-9-21-44(53)45-22-10-14-26-54(45)58/h1-32,34-35H,33H2. The molecule has 2 nitrogen and oxygen atoms in total. The number of aromatic nitrogens is 2. The molecule has 2 aromatic heterocycles. The molecule has 2 aliphatic rings. The maximum Gasteiger partial charge on any atom is 0.180 e. The van der Waals surface area contributed by atoms with E-state index < -0.39 is 8.07 Å². The van der Waals surface area contributed by atoms with Crippen LogP contribution in [0.1, 0.15) is 11.1 Å². The van der Waals surface area contributed by atoms with Gasteiger partial charge in [0.1, 0.15) is 0 Å². The Hall–Kier alpha value is -7.20. The van der Waals surface area contributed by atoms with Crippen LogP contribution in [0.5, 0.6) is 0 Å². The van der Waals surface area contributed by atoms with Gasteiger partial charge in [0, 0.05) is 32.9 Å². The average Bonchev–Trinajstić information content (AvgIpc) is 4.02. The first-order valence-electron chi connectivity index (χ1n) is 20.3. The molecule has 0 radical (unpaired) electrons. The minimum Gasteiger partial charge on any atom is -0.309 e. The quantitative estimate of drug-likeness (QED) is 0.159. The number of benzene rings is 9. The predicted molar refractivity (Wildman–Crippen MR) is 246 cm³/mol. The van der Waals surface area contributed by atoms with Gasteiger partial charge >= 0.3 is 0 Å². The van der Waals surface area contributed by atoms with Crippen LogP contribution >= 0.6 is 0 Å². The van der Waals surface area contributed by atoms with Gasteiger partial charge < -0.3 is 9.13 Å². The third kappa shape index (κ3) is 4.16. The molecule has 9 aromatic carbocycles. The van der Waals surface area contributed by atoms with Gasteiger partial charge in [0.15, 0.2) is 8.07 Å². The molecule has 1 aliphatic carbocycles. The summed E-state index contributed by atoms with van der Waals surface area (Å²) in [6.45, 7) is 0. The molecule has 0 unspecified atom stereocenters. The highest BCUT2D eigenvalue weighted by atomic mass is 28.3. The van der Waals surface area contributed by atoms with Gasteiger partial charge in [-0.15, -0.1) is 0 Å². The molecule has 1 aliphatic heterocycles. The van der Waals surface area contributed by atoms with Crippen molar-refractivity contribution in [1.29, 1.82) is 0 Å². The van der Waals surface area contributed by atoms with E-state index in [1.54, 1.807) is 0 Å². The van der Waals surface area contributed by atoms with E-state index in [-0.39, 0.29) is 0 Å². The smallest absolute Gasteiger partial charge is 0.180 e. The molecule has 0 saturated carbocycles. The molecule has 0 N–H and O–H groups in total. The Morgan fingerprint density at radius 1 is 0.345 bits per heavy atom. The zero-order chi connectivity index (χ0) is 38.0. The van der Waals surface area contributed by atoms with E-state index in [1.165, 1.54) is 109 Å². The third-order valence-corrected chi connectivity index (χ3v) is 18.1. The summed E-state index contributed by atoms with van der Waals surface area (Å²) in [5, 5.41) is 11.1. The summed E-state index contributed by atoms with van der Waals surface area (Å²) in [5.74, 6) is 0. The number of hydrogen-bond acceptors (Lipinski definition) is 0. The predicted octanol–water partition coefficient (Wildman–Crippen LogP) is 10.8. The van der Waals surface area contributed by atoms with Crippen molar-refractivity contribution in [1.82, 2.24) is 9.13 Å². The molecule has 0 amide bonds. The first kappa shape index (κ1) is 31.9. The minimum absolute atomic E-state index is 0.906. The molecular formula is C55H36N2Si. The summed E-state index contributed by atoms with van der Waals surface area (Å²) < 4.78 is 4.92. The maximum atomic E-state index is 2.59. The van der Waals surface area contributed by atoms with Crippen molar-refractivity contribution in [2.75, 3.05) is 0 Å². The number of nitrogens with zero attached hydrogens (tertiary/aromatic N) is 2. The molecule has 270 valence electrons. The molecule has 11 aromatic rings. The van der Waals surface area contributed by atoms with Crippen LogP contribution in [0.3, 0.4) is 0 Å². The first-order chi connectivity index (χ1) is 28.8. The first-order valence-corrected chi connectivity index (χ1v) is 22.3. The lowest BCUT2D eigenvalue weighted by molar-refractivity contribution is 1.16. The van der Waals surface area contributed by atoms with Gasteiger partial charge in [0.05, 0.1) is 22.1 Å². The van der Waals surface area contributed by atoms with Crippen LogP contribution in [0, 0.1) is 0 Å². The third-order valence-electron chi connectivity index (χ3n) is 13.2. The molecule has 58 heavy (non-hydrogen) atoms. The number of hydrogen-bond donors (Lipinski definition) is 0. The highest BCUT2D eigenvalue weighted by Gasteiger charge is 2.48. The van der Waals surface area contributed by atoms with Crippen LogP contribution in [-0.2, 0) is 6.42 Å². The van der Waals surface area contributed by atoms with Crippen LogP contribution in [0.4, 0.5) is 0 Å². The summed E-state index contributed by atoms with van der Waals surface area (Å²) in [7, 11) is -2.62. The highest BCUT2D eigenvalue weighted by Crippen LogP contribution is 2.45. The number of rotatable bonds is 4. The highest BCUT2D eigenvalue weighted by molar-refractivity contribution is 7.22. The molecule has 0 fully saturated rings. The van der Waals surface area contributed by atoms with Crippen LogP contribution in [0.15, 0.2) is 206 Å². The summed E-state index contributed by atoms with van der Waals surface area (Å²) in [6, 6.07) is 77.7. The number of fused-ring (bicyclic) bond motifs is 13. The zero-order valence-electron chi connectivity index (χ0n) is 31.7. The van der Waals surface area contributed by atoms with Crippen LogP contribution in [-0.4, -0.2) is 17.2 Å². The minimum atomic E-state index is -2.62. The van der Waals surface area contributed by atoms with Gasteiger partial charge in [-0.1, -0.05) is 158 Å². The summed E-state index contributed by atoms with van der Waals surface area (Å²) in [4.78, 5) is 0. The molecular weight excluding hydrogens is 717 g/mol. The topological polar surface area (TPSA) is 9.86 Å². The monoisotopic (exact) mass is 752 g/mol. The molecule has 0 spiro atoms. The molecule has 3 heterocycles. The van der Waals surface area contributed by atoms with E-state index >= 15 is 0 Å². The summed E-state index contributed by atoms with van der Waals surface area (Å²) >= 11 is 0. The van der Waals surface area contributed by atoms with Gasteiger partial charge in [-0.2, -0.15) is 0 Å². The van der Waals surface area contributed by atoms with Crippen molar-refractivity contribution >= 4 is 72.4 Å². The largest absolute Gasteiger partial charge is 0.309 e. The van der Waals surface area contributed by atoms with Crippen molar-refractivity contribution in [3.63, 3.8) is 0 Å². The van der Waals surface area contributed by atoms with E-state index in [0.717, 1.165) is 6.42 Å². The Bertz CT molecular complexity index is 3380. The molecule has 0 saturated heterocycles. The Kier molecular flexibility index (Phi) is 6.56. The fourth-order valence-electron chi connectivity index (χ4n) is 10.9. The van der Waals surface area contributed by atoms with E-state index in [1.807, 2.05) is 0 Å². The Morgan fingerprint density at radius 2 is 0.914 bits per heavy atom. The van der Waals surface area contributed by atoms with Gasteiger partial charge in [-0.05, 0) is 109 Å². The van der Waals surface area contributed by atoms with E-state index in [4.69, 9.17) is 0 Å². The van der Waals surface area contributed by atoms with Crippen molar-refractivity contribution in [2.45, 2.75) is 6.42 Å². The fourth-order valence-corrected chi connectivity index (χ4v) is 16.1. The van der Waals surface area contributed by atoms with Gasteiger partial charge in [0.25, 0.3) is 0 Å². The Labute approximate surface area is 337 Å². The molecule has 3 heteroatoms. The van der Waals surface area contributed by atoms with E-state index in [0.29, 0.717) is 0 Å². The SMILES string of the molecule is c1ccc(-n2c3ccc(-n4c5ccccc5c5ccccc54)cc3c3c4c(ccc32)-c2cc([Si]3(c5ccccc5)c5ccccc5-c5ccccc53)ccc2C4)cc1. The maximum absolute atomic E-state index is 2.62. The fraction of sp³-hybridized carbons (Fsp3) is 0.0182. The lowest BCUT2D eigenvalue weighted by Gasteiger charge is -2.31. The Balaban J connectivity index is 1.08. The van der Waals surface area contributed by atoms with Gasteiger partial charge in [-0.25, -0.2) is 0 Å². The molecule has 0 atom stereocenters.